The Hall–Kier alpha value is -2.07. The van der Waals surface area contributed by atoms with Gasteiger partial charge >= 0.3 is 0 Å². The Morgan fingerprint density at radius 2 is 2.03 bits per heavy atom. The predicted molar refractivity (Wildman–Crippen MR) is 120 cm³/mol. The maximum Gasteiger partial charge on any atom is 0.145 e. The van der Waals surface area contributed by atoms with E-state index >= 15 is 0 Å². The van der Waals surface area contributed by atoms with Gasteiger partial charge in [0, 0.05) is 31.6 Å². The summed E-state index contributed by atoms with van der Waals surface area (Å²) in [7, 11) is 0. The predicted octanol–water partition coefficient (Wildman–Crippen LogP) is 4.00. The number of terminal acetylenes is 1. The molecule has 0 aromatic heterocycles. The molecule has 0 spiro atoms. The molecule has 7 heteroatoms. The number of aliphatic hydroxyl groups excluding tert-OH is 1. The van der Waals surface area contributed by atoms with E-state index in [1.807, 2.05) is 24.3 Å². The average molecular weight is 447 g/mol. The van der Waals surface area contributed by atoms with Crippen molar-refractivity contribution in [3.05, 3.63) is 69.7 Å². The topological polar surface area (TPSA) is 54.3 Å². The van der Waals surface area contributed by atoms with Gasteiger partial charge in [-0.05, 0) is 17.7 Å². The Kier molecular flexibility index (Phi) is 8.56. The van der Waals surface area contributed by atoms with Crippen molar-refractivity contribution < 1.29 is 14.7 Å². The number of rotatable bonds is 10. The zero-order chi connectivity index (χ0) is 21.3. The summed E-state index contributed by atoms with van der Waals surface area (Å²) in [5.74, 6) is 2.40. The summed E-state index contributed by atoms with van der Waals surface area (Å²) in [4.78, 5) is 7.81. The third-order valence-electron chi connectivity index (χ3n) is 4.66. The molecule has 1 aliphatic heterocycles. The molecule has 0 bridgehead atoms. The van der Waals surface area contributed by atoms with Crippen molar-refractivity contribution >= 4 is 28.9 Å². The van der Waals surface area contributed by atoms with Crippen LogP contribution in [-0.2, 0) is 16.1 Å². The molecular formula is C23H24Cl2N2O3. The van der Waals surface area contributed by atoms with E-state index in [2.05, 4.69) is 28.1 Å². The normalized spacial score (nSPS) is 16.8. The molecule has 0 amide bonds. The van der Waals surface area contributed by atoms with E-state index in [0.717, 1.165) is 16.8 Å². The Labute approximate surface area is 187 Å². The summed E-state index contributed by atoms with van der Waals surface area (Å²) in [5, 5.41) is 15.6. The highest BCUT2D eigenvalue weighted by molar-refractivity contribution is 6.42. The summed E-state index contributed by atoms with van der Waals surface area (Å²) < 4.78 is 5.27. The van der Waals surface area contributed by atoms with Gasteiger partial charge in [-0.15, -0.1) is 6.42 Å². The van der Waals surface area contributed by atoms with E-state index in [9.17, 15) is 5.11 Å². The van der Waals surface area contributed by atoms with Gasteiger partial charge in [0.1, 0.15) is 12.7 Å². The third kappa shape index (κ3) is 6.73. The van der Waals surface area contributed by atoms with Gasteiger partial charge < -0.3 is 14.7 Å². The molecule has 1 N–H and O–H groups in total. The second kappa shape index (κ2) is 11.4. The van der Waals surface area contributed by atoms with Crippen LogP contribution >= 0.6 is 23.2 Å². The van der Waals surface area contributed by atoms with Crippen molar-refractivity contribution in [2.75, 3.05) is 26.3 Å². The van der Waals surface area contributed by atoms with Crippen LogP contribution in [0.2, 0.25) is 10.0 Å². The largest absolute Gasteiger partial charge is 0.390 e. The lowest BCUT2D eigenvalue weighted by atomic mass is 10.0. The highest BCUT2D eigenvalue weighted by Crippen LogP contribution is 2.26. The molecular weight excluding hydrogens is 423 g/mol. The lowest BCUT2D eigenvalue weighted by Crippen LogP contribution is -2.39. The van der Waals surface area contributed by atoms with E-state index in [0.29, 0.717) is 36.1 Å². The van der Waals surface area contributed by atoms with Gasteiger partial charge in [-0.2, -0.15) is 0 Å². The molecule has 1 aliphatic rings. The van der Waals surface area contributed by atoms with E-state index in [1.54, 1.807) is 12.1 Å². The second-order valence-corrected chi connectivity index (χ2v) is 7.97. The van der Waals surface area contributed by atoms with Crippen LogP contribution in [0.15, 0.2) is 53.7 Å². The first-order valence-electron chi connectivity index (χ1n) is 9.69. The summed E-state index contributed by atoms with van der Waals surface area (Å²) in [6.45, 7) is 2.08. The van der Waals surface area contributed by atoms with Crippen molar-refractivity contribution in [2.24, 2.45) is 5.16 Å². The van der Waals surface area contributed by atoms with Gasteiger partial charge in [0.05, 0.1) is 28.5 Å². The van der Waals surface area contributed by atoms with Crippen LogP contribution in [0.1, 0.15) is 17.5 Å². The van der Waals surface area contributed by atoms with Crippen molar-refractivity contribution in [3.63, 3.8) is 0 Å². The van der Waals surface area contributed by atoms with Gasteiger partial charge in [0.25, 0.3) is 0 Å². The van der Waals surface area contributed by atoms with E-state index in [-0.39, 0.29) is 19.3 Å². The first-order chi connectivity index (χ1) is 14.5. The molecule has 0 radical (unpaired) electrons. The zero-order valence-corrected chi connectivity index (χ0v) is 18.0. The second-order valence-electron chi connectivity index (χ2n) is 7.15. The molecule has 30 heavy (non-hydrogen) atoms. The molecule has 2 aromatic carbocycles. The van der Waals surface area contributed by atoms with Gasteiger partial charge in [0.2, 0.25) is 0 Å². The van der Waals surface area contributed by atoms with Gasteiger partial charge in [-0.3, -0.25) is 4.90 Å². The van der Waals surface area contributed by atoms with Crippen molar-refractivity contribution in [3.8, 4) is 12.3 Å². The monoisotopic (exact) mass is 446 g/mol. The molecule has 0 saturated carbocycles. The Bertz CT molecular complexity index is 899. The average Bonchev–Trinajstić information content (AvgIpc) is 3.19. The van der Waals surface area contributed by atoms with Crippen LogP contribution in [-0.4, -0.2) is 54.2 Å². The maximum absolute atomic E-state index is 10.4. The molecule has 1 heterocycles. The highest BCUT2D eigenvalue weighted by atomic mass is 35.5. The fourth-order valence-electron chi connectivity index (χ4n) is 3.31. The molecule has 2 aromatic rings. The number of ether oxygens (including phenoxy) is 1. The molecule has 3 rings (SSSR count). The minimum absolute atomic E-state index is 0.128. The molecule has 0 unspecified atom stereocenters. The fraction of sp³-hybridized carbons (Fsp3) is 0.348. The molecule has 0 aliphatic carbocycles. The number of hydrogen-bond donors (Lipinski definition) is 1. The Morgan fingerprint density at radius 3 is 2.77 bits per heavy atom. The van der Waals surface area contributed by atoms with Gasteiger partial charge in [0.15, 0.2) is 0 Å². The number of nitrogens with zero attached hydrogens (tertiary/aromatic N) is 2. The van der Waals surface area contributed by atoms with Gasteiger partial charge in [-0.1, -0.05) is 70.7 Å². The van der Waals surface area contributed by atoms with E-state index < -0.39 is 6.10 Å². The van der Waals surface area contributed by atoms with Crippen LogP contribution in [0.5, 0.6) is 0 Å². The molecule has 0 saturated heterocycles. The van der Waals surface area contributed by atoms with Crippen molar-refractivity contribution in [1.82, 2.24) is 4.90 Å². The number of benzene rings is 2. The van der Waals surface area contributed by atoms with Gasteiger partial charge in [-0.25, -0.2) is 0 Å². The smallest absolute Gasteiger partial charge is 0.145 e. The lowest BCUT2D eigenvalue weighted by Gasteiger charge is -2.26. The first-order valence-corrected chi connectivity index (χ1v) is 10.4. The first kappa shape index (κ1) is 22.6. The molecule has 158 valence electrons. The quantitative estimate of drug-likeness (QED) is 0.442. The van der Waals surface area contributed by atoms with Crippen LogP contribution in [0.4, 0.5) is 0 Å². The fourth-order valence-corrected chi connectivity index (χ4v) is 3.61. The Morgan fingerprint density at radius 1 is 1.23 bits per heavy atom. The molecule has 2 atom stereocenters. The minimum Gasteiger partial charge on any atom is -0.390 e. The van der Waals surface area contributed by atoms with Crippen LogP contribution in [0.3, 0.4) is 0 Å². The summed E-state index contributed by atoms with van der Waals surface area (Å²) in [6.07, 6.45) is 5.06. The molecule has 5 nitrogen and oxygen atoms in total. The maximum atomic E-state index is 10.4. The number of hydrogen-bond acceptors (Lipinski definition) is 5. The van der Waals surface area contributed by atoms with Crippen LogP contribution in [0, 0.1) is 12.3 Å². The summed E-state index contributed by atoms with van der Waals surface area (Å²) in [5.41, 5.74) is 2.87. The van der Waals surface area contributed by atoms with Crippen LogP contribution in [0.25, 0.3) is 0 Å². The number of halogens is 2. The van der Waals surface area contributed by atoms with Crippen LogP contribution < -0.4 is 0 Å². The van der Waals surface area contributed by atoms with E-state index in [1.165, 1.54) is 0 Å². The number of aliphatic hydroxyl groups is 1. The number of oxime groups is 1. The SMILES string of the molecule is C#CCOC[C@H](O)CN(Cc1ccccc1)C[C@H]1CC(c2ccc(Cl)c(Cl)c2)=NO1. The minimum atomic E-state index is -0.654. The Balaban J connectivity index is 1.61. The standard InChI is InChI=1S/C23H24Cl2N2O3/c1-2-10-29-16-19(28)14-27(13-17-6-4-3-5-7-17)15-20-12-23(26-30-20)18-8-9-21(24)22(25)11-18/h1,3-9,11,19-20,28H,10,12-16H2/t19-,20-/m1/s1. The third-order valence-corrected chi connectivity index (χ3v) is 5.40. The molecule has 0 fully saturated rings. The highest BCUT2D eigenvalue weighted by Gasteiger charge is 2.26. The lowest BCUT2D eigenvalue weighted by molar-refractivity contribution is 0.00418. The summed E-state index contributed by atoms with van der Waals surface area (Å²) >= 11 is 12.1. The zero-order valence-electron chi connectivity index (χ0n) is 16.5. The summed E-state index contributed by atoms with van der Waals surface area (Å²) in [6, 6.07) is 15.5. The van der Waals surface area contributed by atoms with Crippen molar-refractivity contribution in [2.45, 2.75) is 25.2 Å². The van der Waals surface area contributed by atoms with Crippen molar-refractivity contribution in [1.29, 1.82) is 0 Å². The van der Waals surface area contributed by atoms with E-state index in [4.69, 9.17) is 39.2 Å².